The molecular weight excluding hydrogens is 184 g/mol. The highest BCUT2D eigenvalue weighted by Crippen LogP contribution is 2.37. The van der Waals surface area contributed by atoms with Gasteiger partial charge in [0, 0.05) is 12.4 Å². The van der Waals surface area contributed by atoms with Crippen molar-refractivity contribution in [2.75, 3.05) is 0 Å². The van der Waals surface area contributed by atoms with E-state index in [1.54, 1.807) is 6.33 Å². The van der Waals surface area contributed by atoms with Gasteiger partial charge in [0.05, 0.1) is 0 Å². The maximum atomic E-state index is 4.10. The zero-order valence-corrected chi connectivity index (χ0v) is 9.69. The lowest BCUT2D eigenvalue weighted by molar-refractivity contribution is 0.258. The van der Waals surface area contributed by atoms with E-state index in [0.717, 1.165) is 11.8 Å². The molecule has 0 atom stereocenters. The van der Waals surface area contributed by atoms with Crippen LogP contribution >= 0.6 is 0 Å². The first kappa shape index (κ1) is 10.6. The molecule has 1 aromatic rings. The fourth-order valence-corrected chi connectivity index (χ4v) is 2.64. The predicted molar refractivity (Wildman–Crippen MR) is 61.6 cm³/mol. The van der Waals surface area contributed by atoms with E-state index in [1.165, 1.54) is 31.2 Å². The second kappa shape index (κ2) is 4.73. The molecular formula is C13H20N2. The first-order valence-corrected chi connectivity index (χ1v) is 6.02. The van der Waals surface area contributed by atoms with Gasteiger partial charge in [-0.3, -0.25) is 0 Å². The molecule has 0 bridgehead atoms. The van der Waals surface area contributed by atoms with Crippen molar-refractivity contribution in [3.8, 4) is 0 Å². The van der Waals surface area contributed by atoms with E-state index in [-0.39, 0.29) is 0 Å². The summed E-state index contributed by atoms with van der Waals surface area (Å²) in [5, 5.41) is 0. The van der Waals surface area contributed by atoms with Crippen LogP contribution in [0.4, 0.5) is 0 Å². The molecule has 82 valence electrons. The van der Waals surface area contributed by atoms with E-state index in [2.05, 4.69) is 23.8 Å². The number of nitrogens with zero attached hydrogens (tertiary/aromatic N) is 2. The normalized spacial score (nSPS) is 26.9. The van der Waals surface area contributed by atoms with Crippen LogP contribution in [0.1, 0.15) is 51.0 Å². The Hall–Kier alpha value is -0.920. The van der Waals surface area contributed by atoms with Crippen LogP contribution in [-0.2, 0) is 0 Å². The maximum Gasteiger partial charge on any atom is 0.115 e. The fourth-order valence-electron chi connectivity index (χ4n) is 2.64. The molecule has 0 radical (unpaired) electrons. The third-order valence-electron chi connectivity index (χ3n) is 3.77. The molecule has 0 unspecified atom stereocenters. The second-order valence-electron chi connectivity index (χ2n) is 5.03. The first-order chi connectivity index (χ1) is 7.27. The van der Waals surface area contributed by atoms with Crippen LogP contribution in [0, 0.1) is 11.8 Å². The van der Waals surface area contributed by atoms with Gasteiger partial charge in [-0.25, -0.2) is 9.97 Å². The van der Waals surface area contributed by atoms with Gasteiger partial charge in [0.15, 0.2) is 0 Å². The van der Waals surface area contributed by atoms with Crippen molar-refractivity contribution >= 4 is 0 Å². The summed E-state index contributed by atoms with van der Waals surface area (Å²) in [4.78, 5) is 8.21. The second-order valence-corrected chi connectivity index (χ2v) is 5.03. The van der Waals surface area contributed by atoms with Crippen molar-refractivity contribution in [3.05, 3.63) is 24.3 Å². The van der Waals surface area contributed by atoms with Crippen LogP contribution in [0.2, 0.25) is 0 Å². The van der Waals surface area contributed by atoms with Gasteiger partial charge >= 0.3 is 0 Å². The maximum absolute atomic E-state index is 4.10. The molecule has 0 saturated heterocycles. The Bertz CT molecular complexity index is 287. The number of aromatic nitrogens is 2. The highest BCUT2D eigenvalue weighted by atomic mass is 14.8. The largest absolute Gasteiger partial charge is 0.245 e. The quantitative estimate of drug-likeness (QED) is 0.737. The van der Waals surface area contributed by atoms with E-state index in [1.807, 2.05) is 12.4 Å². The predicted octanol–water partition coefficient (Wildman–Crippen LogP) is 3.41. The molecule has 15 heavy (non-hydrogen) atoms. The summed E-state index contributed by atoms with van der Waals surface area (Å²) in [6.07, 6.45) is 10.9. The zero-order chi connectivity index (χ0) is 10.7. The van der Waals surface area contributed by atoms with Crippen molar-refractivity contribution < 1.29 is 0 Å². The summed E-state index contributed by atoms with van der Waals surface area (Å²) in [6, 6.07) is 0. The molecule has 2 rings (SSSR count). The van der Waals surface area contributed by atoms with Gasteiger partial charge in [0.1, 0.15) is 6.33 Å². The average Bonchev–Trinajstić information content (AvgIpc) is 2.30. The summed E-state index contributed by atoms with van der Waals surface area (Å²) in [7, 11) is 0. The third-order valence-corrected chi connectivity index (χ3v) is 3.77. The molecule has 0 aromatic carbocycles. The standard InChI is InChI=1S/C13H20N2/c1-10(2)11-3-5-12(6-4-11)13-7-14-9-15-8-13/h7-12H,3-6H2,1-2H3. The Morgan fingerprint density at radius 2 is 1.67 bits per heavy atom. The van der Waals surface area contributed by atoms with Gasteiger partial charge in [-0.1, -0.05) is 13.8 Å². The molecule has 0 aliphatic heterocycles. The minimum atomic E-state index is 0.709. The van der Waals surface area contributed by atoms with Gasteiger partial charge in [-0.2, -0.15) is 0 Å². The third kappa shape index (κ3) is 2.55. The fraction of sp³-hybridized carbons (Fsp3) is 0.692. The smallest absolute Gasteiger partial charge is 0.115 e. The zero-order valence-electron chi connectivity index (χ0n) is 9.69. The van der Waals surface area contributed by atoms with E-state index in [0.29, 0.717) is 5.92 Å². The average molecular weight is 204 g/mol. The van der Waals surface area contributed by atoms with Gasteiger partial charge < -0.3 is 0 Å². The Morgan fingerprint density at radius 3 is 2.20 bits per heavy atom. The Balaban J connectivity index is 1.94. The van der Waals surface area contributed by atoms with Crippen LogP contribution in [0.5, 0.6) is 0 Å². The minimum absolute atomic E-state index is 0.709. The molecule has 1 aliphatic carbocycles. The van der Waals surface area contributed by atoms with Crippen LogP contribution in [0.3, 0.4) is 0 Å². The van der Waals surface area contributed by atoms with E-state index < -0.39 is 0 Å². The topological polar surface area (TPSA) is 25.8 Å². The van der Waals surface area contributed by atoms with Crippen molar-refractivity contribution in [1.29, 1.82) is 0 Å². The number of rotatable bonds is 2. The highest BCUT2D eigenvalue weighted by molar-refractivity contribution is 5.10. The molecule has 2 nitrogen and oxygen atoms in total. The molecule has 0 amide bonds. The highest BCUT2D eigenvalue weighted by Gasteiger charge is 2.24. The summed E-state index contributed by atoms with van der Waals surface area (Å²) >= 11 is 0. The van der Waals surface area contributed by atoms with Crippen LogP contribution < -0.4 is 0 Å². The lowest BCUT2D eigenvalue weighted by Crippen LogP contribution is -2.17. The molecule has 1 aliphatic rings. The van der Waals surface area contributed by atoms with E-state index in [4.69, 9.17) is 0 Å². The summed E-state index contributed by atoms with van der Waals surface area (Å²) < 4.78 is 0. The van der Waals surface area contributed by atoms with Crippen molar-refractivity contribution in [2.24, 2.45) is 11.8 Å². The number of hydrogen-bond acceptors (Lipinski definition) is 2. The van der Waals surface area contributed by atoms with Crippen molar-refractivity contribution in [1.82, 2.24) is 9.97 Å². The van der Waals surface area contributed by atoms with Crippen molar-refractivity contribution in [2.45, 2.75) is 45.4 Å². The van der Waals surface area contributed by atoms with Crippen LogP contribution in [0.25, 0.3) is 0 Å². The van der Waals surface area contributed by atoms with E-state index in [9.17, 15) is 0 Å². The summed E-state index contributed by atoms with van der Waals surface area (Å²) in [5.74, 6) is 2.49. The first-order valence-electron chi connectivity index (χ1n) is 6.02. The Morgan fingerprint density at radius 1 is 1.07 bits per heavy atom. The van der Waals surface area contributed by atoms with Gasteiger partial charge in [0.2, 0.25) is 0 Å². The van der Waals surface area contributed by atoms with E-state index >= 15 is 0 Å². The number of hydrogen-bond donors (Lipinski definition) is 0. The van der Waals surface area contributed by atoms with Crippen LogP contribution in [0.15, 0.2) is 18.7 Å². The molecule has 1 saturated carbocycles. The Kier molecular flexibility index (Phi) is 3.34. The van der Waals surface area contributed by atoms with Gasteiger partial charge in [-0.05, 0) is 49.0 Å². The lowest BCUT2D eigenvalue weighted by atomic mass is 9.75. The molecule has 0 spiro atoms. The lowest BCUT2D eigenvalue weighted by Gasteiger charge is -2.30. The SMILES string of the molecule is CC(C)C1CCC(c2cncnc2)CC1. The summed E-state index contributed by atoms with van der Waals surface area (Å²) in [5.41, 5.74) is 1.33. The minimum Gasteiger partial charge on any atom is -0.245 e. The summed E-state index contributed by atoms with van der Waals surface area (Å²) in [6.45, 7) is 4.69. The molecule has 1 aromatic heterocycles. The molecule has 2 heteroatoms. The molecule has 1 heterocycles. The molecule has 0 N–H and O–H groups in total. The van der Waals surface area contributed by atoms with Gasteiger partial charge in [0.25, 0.3) is 0 Å². The van der Waals surface area contributed by atoms with Crippen molar-refractivity contribution in [3.63, 3.8) is 0 Å². The monoisotopic (exact) mass is 204 g/mol. The van der Waals surface area contributed by atoms with Gasteiger partial charge in [-0.15, -0.1) is 0 Å². The Labute approximate surface area is 92.1 Å². The van der Waals surface area contributed by atoms with Crippen LogP contribution in [-0.4, -0.2) is 9.97 Å². The molecule has 1 fully saturated rings.